The fraction of sp³-hybridized carbons (Fsp3) is 0.357. The summed E-state index contributed by atoms with van der Waals surface area (Å²) in [4.78, 5) is 0. The van der Waals surface area contributed by atoms with Gasteiger partial charge < -0.3 is 17.0 Å². The number of benzene rings is 3. The summed E-state index contributed by atoms with van der Waals surface area (Å²) in [5, 5.41) is 4.52. The van der Waals surface area contributed by atoms with Crippen LogP contribution in [0.5, 0.6) is 0 Å². The SMILES string of the molecule is CCSC(CCCCC[P+](c1ccccc1)(c1ccccc1)c1ccccc1)SCC.[Br-]. The molecule has 0 radical (unpaired) electrons. The van der Waals surface area contributed by atoms with Gasteiger partial charge in [0.25, 0.3) is 0 Å². The molecule has 32 heavy (non-hydrogen) atoms. The first kappa shape index (κ1) is 27.5. The highest BCUT2D eigenvalue weighted by Gasteiger charge is 2.44. The van der Waals surface area contributed by atoms with Gasteiger partial charge in [-0.05, 0) is 67.2 Å². The number of unbranched alkanes of at least 4 members (excludes halogenated alkanes) is 2. The lowest BCUT2D eigenvalue weighted by Crippen LogP contribution is -3.00. The molecule has 0 saturated carbocycles. The molecule has 3 aromatic rings. The molecule has 0 aliphatic heterocycles. The highest BCUT2D eigenvalue weighted by atomic mass is 79.9. The van der Waals surface area contributed by atoms with Crippen molar-refractivity contribution in [3.05, 3.63) is 91.0 Å². The predicted octanol–water partition coefficient (Wildman–Crippen LogP) is 4.38. The Bertz CT molecular complexity index is 756. The van der Waals surface area contributed by atoms with Crippen molar-refractivity contribution in [3.8, 4) is 0 Å². The van der Waals surface area contributed by atoms with Crippen molar-refractivity contribution < 1.29 is 17.0 Å². The van der Waals surface area contributed by atoms with Crippen LogP contribution in [0.25, 0.3) is 0 Å². The van der Waals surface area contributed by atoms with E-state index < -0.39 is 7.26 Å². The van der Waals surface area contributed by atoms with Crippen molar-refractivity contribution in [2.24, 2.45) is 0 Å². The molecule has 0 aromatic heterocycles. The average Bonchev–Trinajstić information content (AvgIpc) is 2.83. The van der Waals surface area contributed by atoms with E-state index in [1.54, 1.807) is 0 Å². The van der Waals surface area contributed by atoms with Gasteiger partial charge >= 0.3 is 0 Å². The van der Waals surface area contributed by atoms with Crippen molar-refractivity contribution >= 4 is 46.7 Å². The first-order valence-electron chi connectivity index (χ1n) is 11.6. The lowest BCUT2D eigenvalue weighted by Gasteiger charge is -2.27. The molecule has 172 valence electrons. The van der Waals surface area contributed by atoms with Crippen LogP contribution < -0.4 is 32.9 Å². The van der Waals surface area contributed by atoms with E-state index in [2.05, 4.69) is 128 Å². The molecule has 0 aliphatic carbocycles. The Morgan fingerprint density at radius 3 is 1.38 bits per heavy atom. The molecule has 0 spiro atoms. The summed E-state index contributed by atoms with van der Waals surface area (Å²) in [5.41, 5.74) is 0. The Kier molecular flexibility index (Phi) is 13.1. The predicted molar refractivity (Wildman–Crippen MR) is 149 cm³/mol. The summed E-state index contributed by atoms with van der Waals surface area (Å²) in [5.74, 6) is 2.45. The summed E-state index contributed by atoms with van der Waals surface area (Å²) in [6, 6.07) is 33.9. The van der Waals surface area contributed by atoms with E-state index in [4.69, 9.17) is 0 Å². The van der Waals surface area contributed by atoms with E-state index in [0.29, 0.717) is 0 Å². The van der Waals surface area contributed by atoms with Gasteiger partial charge in [0.15, 0.2) is 0 Å². The van der Waals surface area contributed by atoms with Crippen LogP contribution in [-0.4, -0.2) is 22.2 Å². The Balaban J connectivity index is 0.00000363. The maximum absolute atomic E-state index is 2.36. The van der Waals surface area contributed by atoms with Gasteiger partial charge in [-0.1, -0.05) is 74.9 Å². The minimum Gasteiger partial charge on any atom is -1.00 e. The highest BCUT2D eigenvalue weighted by molar-refractivity contribution is 8.16. The number of hydrogen-bond donors (Lipinski definition) is 0. The van der Waals surface area contributed by atoms with Crippen LogP contribution in [0.3, 0.4) is 0 Å². The third kappa shape index (κ3) is 7.39. The molecule has 3 rings (SSSR count). The molecular weight excluding hydrogens is 511 g/mol. The van der Waals surface area contributed by atoms with E-state index in [0.717, 1.165) is 4.58 Å². The zero-order chi connectivity index (χ0) is 21.8. The molecule has 0 unspecified atom stereocenters. The quantitative estimate of drug-likeness (QED) is 0.177. The van der Waals surface area contributed by atoms with Gasteiger partial charge in [0.2, 0.25) is 0 Å². The number of halogens is 1. The lowest BCUT2D eigenvalue weighted by molar-refractivity contribution is -0.00000612. The summed E-state index contributed by atoms with van der Waals surface area (Å²) < 4.78 is 0.770. The fourth-order valence-corrected chi connectivity index (χ4v) is 11.3. The number of rotatable bonds is 13. The van der Waals surface area contributed by atoms with Crippen LogP contribution in [0, 0.1) is 0 Å². The minimum absolute atomic E-state index is 0. The van der Waals surface area contributed by atoms with Gasteiger partial charge in [-0.15, -0.1) is 23.5 Å². The van der Waals surface area contributed by atoms with E-state index in [9.17, 15) is 0 Å². The summed E-state index contributed by atoms with van der Waals surface area (Å²) in [6.45, 7) is 4.57. The number of thioether (sulfide) groups is 2. The molecule has 0 bridgehead atoms. The first-order chi connectivity index (χ1) is 15.3. The Morgan fingerprint density at radius 1 is 0.594 bits per heavy atom. The summed E-state index contributed by atoms with van der Waals surface area (Å²) in [7, 11) is -1.65. The van der Waals surface area contributed by atoms with Crippen LogP contribution in [0.2, 0.25) is 0 Å². The summed E-state index contributed by atoms with van der Waals surface area (Å²) in [6.07, 6.45) is 6.52. The molecule has 0 saturated heterocycles. The molecule has 0 heterocycles. The Morgan fingerprint density at radius 2 is 1.00 bits per heavy atom. The van der Waals surface area contributed by atoms with Crippen LogP contribution in [0.4, 0.5) is 0 Å². The largest absolute Gasteiger partial charge is 1.00 e. The minimum atomic E-state index is -1.65. The van der Waals surface area contributed by atoms with Crippen LogP contribution in [0.1, 0.15) is 39.5 Å². The van der Waals surface area contributed by atoms with Gasteiger partial charge in [0.05, 0.1) is 10.7 Å². The van der Waals surface area contributed by atoms with Gasteiger partial charge in [-0.3, -0.25) is 0 Å². The van der Waals surface area contributed by atoms with Crippen molar-refractivity contribution in [1.29, 1.82) is 0 Å². The normalized spacial score (nSPS) is 11.3. The molecule has 3 aromatic carbocycles. The topological polar surface area (TPSA) is 0 Å². The molecule has 0 nitrogen and oxygen atoms in total. The standard InChI is InChI=1S/C28H36PS2.BrH/c1-3-30-28(31-4-2)23-15-8-16-24-29(25-17-9-5-10-18-25,26-19-11-6-12-20-26)27-21-13-7-14-22-27;/h5-7,9-14,17-22,28H,3-4,8,15-16,23-24H2,1-2H3;1H/q+1;/p-1. The van der Waals surface area contributed by atoms with E-state index >= 15 is 0 Å². The maximum atomic E-state index is 2.36. The third-order valence-electron chi connectivity index (χ3n) is 5.73. The number of hydrogen-bond acceptors (Lipinski definition) is 2. The van der Waals surface area contributed by atoms with Gasteiger partial charge in [-0.25, -0.2) is 0 Å². The smallest absolute Gasteiger partial charge is 0.112 e. The second-order valence-corrected chi connectivity index (χ2v) is 14.6. The van der Waals surface area contributed by atoms with Crippen LogP contribution in [0.15, 0.2) is 91.0 Å². The van der Waals surface area contributed by atoms with Crippen molar-refractivity contribution in [2.75, 3.05) is 17.7 Å². The Hall–Kier alpha value is -0.730. The molecule has 0 fully saturated rings. The molecule has 0 amide bonds. The highest BCUT2D eigenvalue weighted by Crippen LogP contribution is 2.56. The van der Waals surface area contributed by atoms with E-state index in [-0.39, 0.29) is 17.0 Å². The van der Waals surface area contributed by atoms with E-state index in [1.165, 1.54) is 59.3 Å². The van der Waals surface area contributed by atoms with Crippen molar-refractivity contribution in [1.82, 2.24) is 0 Å². The Labute approximate surface area is 215 Å². The monoisotopic (exact) mass is 546 g/mol. The third-order valence-corrected chi connectivity index (χ3v) is 13.0. The van der Waals surface area contributed by atoms with Gasteiger partial charge in [0, 0.05) is 0 Å². The van der Waals surface area contributed by atoms with Crippen molar-refractivity contribution in [3.63, 3.8) is 0 Å². The fourth-order valence-electron chi connectivity index (χ4n) is 4.31. The van der Waals surface area contributed by atoms with E-state index in [1.807, 2.05) is 0 Å². The molecule has 0 N–H and O–H groups in total. The molecule has 0 aliphatic rings. The van der Waals surface area contributed by atoms with Crippen molar-refractivity contribution in [2.45, 2.75) is 44.1 Å². The lowest BCUT2D eigenvalue weighted by atomic mass is 10.2. The maximum Gasteiger partial charge on any atom is 0.112 e. The van der Waals surface area contributed by atoms with Crippen LogP contribution >= 0.6 is 30.8 Å². The summed E-state index contributed by atoms with van der Waals surface area (Å²) >= 11 is 4.25. The van der Waals surface area contributed by atoms with Gasteiger partial charge in [-0.2, -0.15) is 0 Å². The first-order valence-corrected chi connectivity index (χ1v) is 15.7. The average molecular weight is 548 g/mol. The van der Waals surface area contributed by atoms with Gasteiger partial charge in [0.1, 0.15) is 23.2 Å². The molecule has 4 heteroatoms. The second-order valence-electron chi connectivity index (χ2n) is 7.73. The zero-order valence-corrected chi connectivity index (χ0v) is 23.4. The van der Waals surface area contributed by atoms with Crippen LogP contribution in [-0.2, 0) is 0 Å². The molecule has 0 atom stereocenters. The zero-order valence-electron chi connectivity index (χ0n) is 19.3. The molecular formula is C28H36BrPS2. The second kappa shape index (κ2) is 15.2.